The molecule has 0 heteroatoms. The molecule has 0 aromatic heterocycles. The molecule has 0 saturated heterocycles. The highest BCUT2D eigenvalue weighted by Gasteiger charge is 2.37. The van der Waals surface area contributed by atoms with Gasteiger partial charge in [0.1, 0.15) is 0 Å². The zero-order valence-corrected chi connectivity index (χ0v) is 15.1. The van der Waals surface area contributed by atoms with Gasteiger partial charge in [-0.25, -0.2) is 0 Å². The summed E-state index contributed by atoms with van der Waals surface area (Å²) < 4.78 is 0. The minimum absolute atomic E-state index is 0.267. The van der Waals surface area contributed by atoms with Crippen LogP contribution in [0.3, 0.4) is 0 Å². The second kappa shape index (κ2) is 6.49. The topological polar surface area (TPSA) is 0 Å². The molecule has 0 heterocycles. The number of fused-ring (bicyclic) bond motifs is 1. The third-order valence-electron chi connectivity index (χ3n) is 5.58. The average molecular weight is 296 g/mol. The van der Waals surface area contributed by atoms with Gasteiger partial charge in [-0.15, -0.1) is 6.42 Å². The van der Waals surface area contributed by atoms with E-state index >= 15 is 0 Å². The van der Waals surface area contributed by atoms with Crippen molar-refractivity contribution in [2.24, 2.45) is 0 Å². The van der Waals surface area contributed by atoms with Crippen LogP contribution in [0.25, 0.3) is 0 Å². The molecule has 0 bridgehead atoms. The maximum absolute atomic E-state index is 5.83. The molecule has 2 rings (SSSR count). The van der Waals surface area contributed by atoms with E-state index in [0.717, 1.165) is 6.42 Å². The third-order valence-corrected chi connectivity index (χ3v) is 5.58. The van der Waals surface area contributed by atoms with Crippen molar-refractivity contribution in [2.45, 2.75) is 89.9 Å². The molecule has 0 radical (unpaired) electrons. The fourth-order valence-electron chi connectivity index (χ4n) is 3.77. The van der Waals surface area contributed by atoms with E-state index in [-0.39, 0.29) is 16.7 Å². The van der Waals surface area contributed by atoms with Crippen LogP contribution in [0.5, 0.6) is 0 Å². The first kappa shape index (κ1) is 17.1. The van der Waals surface area contributed by atoms with Crippen LogP contribution in [0.2, 0.25) is 0 Å². The standard InChI is InChI=1S/C22H32/c1-7-9-10-11-17(8-2)18-12-13-19-20(16-18)22(5,6)15-14-21(19,3)4/h2,12-13,16-17H,7,9-11,14-15H2,1,3-6H3. The van der Waals surface area contributed by atoms with Crippen molar-refractivity contribution in [2.75, 3.05) is 0 Å². The number of rotatable bonds is 5. The van der Waals surface area contributed by atoms with Crippen LogP contribution in [0.15, 0.2) is 18.2 Å². The molecule has 1 aromatic rings. The van der Waals surface area contributed by atoms with Gasteiger partial charge in [0, 0.05) is 5.92 Å². The molecule has 0 N–H and O–H groups in total. The molecule has 0 spiro atoms. The fourth-order valence-corrected chi connectivity index (χ4v) is 3.77. The van der Waals surface area contributed by atoms with Crippen molar-refractivity contribution >= 4 is 0 Å². The zero-order chi connectivity index (χ0) is 16.4. The smallest absolute Gasteiger partial charge is 0.0449 e. The summed E-state index contributed by atoms with van der Waals surface area (Å²) in [6, 6.07) is 7.07. The van der Waals surface area contributed by atoms with Gasteiger partial charge in [-0.2, -0.15) is 0 Å². The summed E-state index contributed by atoms with van der Waals surface area (Å²) in [5.41, 5.74) is 4.96. The summed E-state index contributed by atoms with van der Waals surface area (Å²) in [5.74, 6) is 3.31. The maximum Gasteiger partial charge on any atom is 0.0449 e. The van der Waals surface area contributed by atoms with E-state index in [1.54, 1.807) is 0 Å². The van der Waals surface area contributed by atoms with Gasteiger partial charge < -0.3 is 0 Å². The molecule has 0 aliphatic heterocycles. The van der Waals surface area contributed by atoms with E-state index in [2.05, 4.69) is 58.7 Å². The Morgan fingerprint density at radius 3 is 2.27 bits per heavy atom. The second-order valence-electron chi connectivity index (χ2n) is 8.29. The molecule has 1 aliphatic rings. The molecular formula is C22H32. The predicted molar refractivity (Wildman–Crippen MR) is 97.4 cm³/mol. The Balaban J connectivity index is 2.35. The molecule has 0 amide bonds. The van der Waals surface area contributed by atoms with Gasteiger partial charge in [-0.3, -0.25) is 0 Å². The lowest BCUT2D eigenvalue weighted by atomic mass is 9.62. The lowest BCUT2D eigenvalue weighted by Gasteiger charge is -2.42. The van der Waals surface area contributed by atoms with E-state index in [9.17, 15) is 0 Å². The Kier molecular flexibility index (Phi) is 5.06. The van der Waals surface area contributed by atoms with Crippen molar-refractivity contribution in [1.82, 2.24) is 0 Å². The molecule has 0 nitrogen and oxygen atoms in total. The molecule has 1 unspecified atom stereocenters. The summed E-state index contributed by atoms with van der Waals surface area (Å²) in [6.45, 7) is 11.8. The number of hydrogen-bond acceptors (Lipinski definition) is 0. The molecule has 120 valence electrons. The molecular weight excluding hydrogens is 264 g/mol. The Morgan fingerprint density at radius 2 is 1.68 bits per heavy atom. The van der Waals surface area contributed by atoms with Gasteiger partial charge in [-0.05, 0) is 46.8 Å². The van der Waals surface area contributed by atoms with Gasteiger partial charge in [0.15, 0.2) is 0 Å². The van der Waals surface area contributed by atoms with Crippen molar-refractivity contribution in [1.29, 1.82) is 0 Å². The van der Waals surface area contributed by atoms with Crippen molar-refractivity contribution in [3.63, 3.8) is 0 Å². The van der Waals surface area contributed by atoms with Crippen LogP contribution in [-0.2, 0) is 10.8 Å². The lowest BCUT2D eigenvalue weighted by Crippen LogP contribution is -2.34. The first-order valence-electron chi connectivity index (χ1n) is 8.93. The van der Waals surface area contributed by atoms with Crippen LogP contribution in [0.4, 0.5) is 0 Å². The quantitative estimate of drug-likeness (QED) is 0.440. The highest BCUT2D eigenvalue weighted by Crippen LogP contribution is 2.46. The molecule has 1 aromatic carbocycles. The SMILES string of the molecule is C#CC(CCCCC)c1ccc2c(c1)C(C)(C)CCC2(C)C. The zero-order valence-electron chi connectivity index (χ0n) is 15.1. The van der Waals surface area contributed by atoms with Crippen molar-refractivity contribution < 1.29 is 0 Å². The van der Waals surface area contributed by atoms with E-state index in [0.29, 0.717) is 0 Å². The maximum atomic E-state index is 5.83. The molecule has 1 atom stereocenters. The highest BCUT2D eigenvalue weighted by atomic mass is 14.4. The van der Waals surface area contributed by atoms with Crippen LogP contribution in [0.1, 0.15) is 95.8 Å². The summed E-state index contributed by atoms with van der Waals surface area (Å²) in [5, 5.41) is 0. The lowest BCUT2D eigenvalue weighted by molar-refractivity contribution is 0.331. The van der Waals surface area contributed by atoms with E-state index in [4.69, 9.17) is 6.42 Å². The number of unbranched alkanes of at least 4 members (excludes halogenated alkanes) is 2. The number of terminal acetylenes is 1. The minimum atomic E-state index is 0.267. The van der Waals surface area contributed by atoms with Crippen LogP contribution >= 0.6 is 0 Å². The number of hydrogen-bond donors (Lipinski definition) is 0. The van der Waals surface area contributed by atoms with Crippen molar-refractivity contribution in [3.8, 4) is 12.3 Å². The fraction of sp³-hybridized carbons (Fsp3) is 0.636. The van der Waals surface area contributed by atoms with E-state index in [1.807, 2.05) is 0 Å². The van der Waals surface area contributed by atoms with Gasteiger partial charge in [0.25, 0.3) is 0 Å². The minimum Gasteiger partial charge on any atom is -0.119 e. The van der Waals surface area contributed by atoms with E-state index in [1.165, 1.54) is 48.8 Å². The van der Waals surface area contributed by atoms with Gasteiger partial charge in [-0.1, -0.05) is 78.0 Å². The van der Waals surface area contributed by atoms with Crippen LogP contribution < -0.4 is 0 Å². The summed E-state index contributed by atoms with van der Waals surface area (Å²) >= 11 is 0. The Hall–Kier alpha value is -1.22. The molecule has 0 fully saturated rings. The highest BCUT2D eigenvalue weighted by molar-refractivity contribution is 5.45. The molecule has 0 saturated carbocycles. The molecule has 22 heavy (non-hydrogen) atoms. The Morgan fingerprint density at radius 1 is 1.05 bits per heavy atom. The summed E-state index contributed by atoms with van der Waals surface area (Å²) in [4.78, 5) is 0. The van der Waals surface area contributed by atoms with Gasteiger partial charge in [0.2, 0.25) is 0 Å². The monoisotopic (exact) mass is 296 g/mol. The predicted octanol–water partition coefficient (Wildman–Crippen LogP) is 6.33. The average Bonchev–Trinajstić information content (AvgIpc) is 2.48. The first-order valence-corrected chi connectivity index (χ1v) is 8.93. The molecule has 1 aliphatic carbocycles. The van der Waals surface area contributed by atoms with Gasteiger partial charge >= 0.3 is 0 Å². The van der Waals surface area contributed by atoms with E-state index < -0.39 is 0 Å². The summed E-state index contributed by atoms with van der Waals surface area (Å²) in [7, 11) is 0. The third kappa shape index (κ3) is 3.40. The Labute approximate surface area is 137 Å². The van der Waals surface area contributed by atoms with Gasteiger partial charge in [0.05, 0.1) is 0 Å². The largest absolute Gasteiger partial charge is 0.119 e. The summed E-state index contributed by atoms with van der Waals surface area (Å²) in [6.07, 6.45) is 13.2. The first-order chi connectivity index (χ1) is 10.3. The van der Waals surface area contributed by atoms with Crippen LogP contribution in [-0.4, -0.2) is 0 Å². The van der Waals surface area contributed by atoms with Crippen molar-refractivity contribution in [3.05, 3.63) is 34.9 Å². The normalized spacial score (nSPS) is 20.0. The Bertz CT molecular complexity index is 554. The van der Waals surface area contributed by atoms with Crippen LogP contribution in [0, 0.1) is 12.3 Å². The second-order valence-corrected chi connectivity index (χ2v) is 8.29. The number of benzene rings is 1.